The summed E-state index contributed by atoms with van der Waals surface area (Å²) in [6.45, 7) is 0. The number of hydrogen-bond acceptors (Lipinski definition) is 4. The Morgan fingerprint density at radius 1 is 1.42 bits per heavy atom. The van der Waals surface area contributed by atoms with E-state index < -0.39 is 4.92 Å². The predicted molar refractivity (Wildman–Crippen MR) is 70.2 cm³/mol. The van der Waals surface area contributed by atoms with E-state index >= 15 is 0 Å². The van der Waals surface area contributed by atoms with Crippen molar-refractivity contribution in [3.8, 4) is 5.75 Å². The van der Waals surface area contributed by atoms with E-state index in [9.17, 15) is 14.9 Å². The van der Waals surface area contributed by atoms with Gasteiger partial charge >= 0.3 is 0 Å². The number of methoxy groups -OCH3 is 1. The molecule has 0 spiro atoms. The van der Waals surface area contributed by atoms with Crippen LogP contribution in [0.25, 0.3) is 0 Å². The molecule has 0 aromatic heterocycles. The average Bonchev–Trinajstić information content (AvgIpc) is 2.92. The van der Waals surface area contributed by atoms with Gasteiger partial charge in [0.15, 0.2) is 0 Å². The lowest BCUT2D eigenvalue weighted by atomic mass is 10.1. The summed E-state index contributed by atoms with van der Waals surface area (Å²) in [5.74, 6) is 0.234. The fourth-order valence-electron chi connectivity index (χ4n) is 2.32. The molecule has 19 heavy (non-hydrogen) atoms. The number of nitrogens with one attached hydrogen (secondary N) is 1. The Balaban J connectivity index is 2.19. The van der Waals surface area contributed by atoms with Gasteiger partial charge in [0.25, 0.3) is 5.69 Å². The van der Waals surface area contributed by atoms with Gasteiger partial charge in [-0.05, 0) is 25.0 Å². The standard InChI is InChI=1S/C13H16N2O4/c1-19-10-6-7-11(12(8-10)15(17)18)14-13(16)9-4-2-3-5-9/h6-9H,2-5H2,1H3,(H,14,16). The smallest absolute Gasteiger partial charge is 0.296 e. The van der Waals surface area contributed by atoms with E-state index in [1.165, 1.54) is 19.2 Å². The van der Waals surface area contributed by atoms with Crippen LogP contribution in [-0.4, -0.2) is 17.9 Å². The van der Waals surface area contributed by atoms with Gasteiger partial charge in [0, 0.05) is 5.92 Å². The van der Waals surface area contributed by atoms with E-state index in [1.54, 1.807) is 6.07 Å². The molecule has 0 atom stereocenters. The number of anilines is 1. The number of carbonyl (C=O) groups excluding carboxylic acids is 1. The lowest BCUT2D eigenvalue weighted by Gasteiger charge is -2.11. The summed E-state index contributed by atoms with van der Waals surface area (Å²) >= 11 is 0. The van der Waals surface area contributed by atoms with Crippen LogP contribution in [-0.2, 0) is 4.79 Å². The van der Waals surface area contributed by atoms with Crippen molar-refractivity contribution >= 4 is 17.3 Å². The molecule has 1 amide bonds. The minimum Gasteiger partial charge on any atom is -0.496 e. The topological polar surface area (TPSA) is 81.5 Å². The van der Waals surface area contributed by atoms with Crippen molar-refractivity contribution < 1.29 is 14.5 Å². The van der Waals surface area contributed by atoms with Gasteiger partial charge in [0.1, 0.15) is 11.4 Å². The van der Waals surface area contributed by atoms with Crippen LogP contribution in [0, 0.1) is 16.0 Å². The van der Waals surface area contributed by atoms with Crippen LogP contribution in [0.4, 0.5) is 11.4 Å². The highest BCUT2D eigenvalue weighted by Gasteiger charge is 2.25. The van der Waals surface area contributed by atoms with E-state index in [0.717, 1.165) is 25.7 Å². The van der Waals surface area contributed by atoms with Gasteiger partial charge in [-0.1, -0.05) is 12.8 Å². The monoisotopic (exact) mass is 264 g/mol. The Labute approximate surface area is 110 Å². The van der Waals surface area contributed by atoms with Crippen LogP contribution in [0.1, 0.15) is 25.7 Å². The van der Waals surface area contributed by atoms with E-state index in [2.05, 4.69) is 5.32 Å². The zero-order valence-electron chi connectivity index (χ0n) is 10.7. The van der Waals surface area contributed by atoms with Crippen LogP contribution in [0.3, 0.4) is 0 Å². The molecule has 1 saturated carbocycles. The van der Waals surface area contributed by atoms with Crippen molar-refractivity contribution in [2.75, 3.05) is 12.4 Å². The molecule has 2 rings (SSSR count). The van der Waals surface area contributed by atoms with Gasteiger partial charge in [-0.2, -0.15) is 0 Å². The summed E-state index contributed by atoms with van der Waals surface area (Å²) in [5.41, 5.74) is 0.0772. The normalized spacial score (nSPS) is 15.2. The number of hydrogen-bond donors (Lipinski definition) is 1. The molecule has 1 aromatic carbocycles. The number of carbonyl (C=O) groups is 1. The Morgan fingerprint density at radius 3 is 2.68 bits per heavy atom. The van der Waals surface area contributed by atoms with Crippen LogP contribution < -0.4 is 10.1 Å². The Bertz CT molecular complexity index is 495. The third-order valence-electron chi connectivity index (χ3n) is 3.39. The van der Waals surface area contributed by atoms with Crippen LogP contribution in [0.5, 0.6) is 5.75 Å². The van der Waals surface area contributed by atoms with Gasteiger partial charge in [-0.3, -0.25) is 14.9 Å². The minimum atomic E-state index is -0.521. The summed E-state index contributed by atoms with van der Waals surface area (Å²) in [4.78, 5) is 22.4. The number of nitro benzene ring substituents is 1. The summed E-state index contributed by atoms with van der Waals surface area (Å²) in [6, 6.07) is 4.41. The predicted octanol–water partition coefficient (Wildman–Crippen LogP) is 2.73. The van der Waals surface area contributed by atoms with Crippen LogP contribution >= 0.6 is 0 Å². The van der Waals surface area contributed by atoms with Crippen molar-refractivity contribution in [1.29, 1.82) is 0 Å². The first-order valence-corrected chi connectivity index (χ1v) is 6.25. The second kappa shape index (κ2) is 5.69. The van der Waals surface area contributed by atoms with Crippen molar-refractivity contribution in [3.05, 3.63) is 28.3 Å². The number of nitrogens with zero attached hydrogens (tertiary/aromatic N) is 1. The second-order valence-electron chi connectivity index (χ2n) is 4.61. The third-order valence-corrected chi connectivity index (χ3v) is 3.39. The molecule has 1 aliphatic carbocycles. The molecule has 0 aliphatic heterocycles. The van der Waals surface area contributed by atoms with Gasteiger partial charge in [0.2, 0.25) is 5.91 Å². The lowest BCUT2D eigenvalue weighted by Crippen LogP contribution is -2.20. The van der Waals surface area contributed by atoms with Crippen molar-refractivity contribution in [2.24, 2.45) is 5.92 Å². The summed E-state index contributed by atoms with van der Waals surface area (Å²) in [5, 5.41) is 13.6. The zero-order chi connectivity index (χ0) is 13.8. The second-order valence-corrected chi connectivity index (χ2v) is 4.61. The zero-order valence-corrected chi connectivity index (χ0v) is 10.7. The number of ether oxygens (including phenoxy) is 1. The van der Waals surface area contributed by atoms with Crippen molar-refractivity contribution in [2.45, 2.75) is 25.7 Å². The highest BCUT2D eigenvalue weighted by atomic mass is 16.6. The molecular formula is C13H16N2O4. The maximum Gasteiger partial charge on any atom is 0.296 e. The molecule has 0 radical (unpaired) electrons. The summed E-state index contributed by atoms with van der Waals surface area (Å²) < 4.78 is 4.95. The maximum absolute atomic E-state index is 12.0. The Hall–Kier alpha value is -2.11. The average molecular weight is 264 g/mol. The van der Waals surface area contributed by atoms with Crippen LogP contribution in [0.2, 0.25) is 0 Å². The minimum absolute atomic E-state index is 0.0262. The molecule has 6 nitrogen and oxygen atoms in total. The van der Waals surface area contributed by atoms with Crippen LogP contribution in [0.15, 0.2) is 18.2 Å². The highest BCUT2D eigenvalue weighted by molar-refractivity contribution is 5.94. The first-order chi connectivity index (χ1) is 9.11. The fraction of sp³-hybridized carbons (Fsp3) is 0.462. The van der Waals surface area contributed by atoms with E-state index in [1.807, 2.05) is 0 Å². The maximum atomic E-state index is 12.0. The molecule has 0 unspecified atom stereocenters. The number of benzene rings is 1. The third kappa shape index (κ3) is 3.01. The molecule has 0 bridgehead atoms. The summed E-state index contributed by atoms with van der Waals surface area (Å²) in [7, 11) is 1.44. The van der Waals surface area contributed by atoms with Gasteiger partial charge in [0.05, 0.1) is 18.1 Å². The molecule has 1 fully saturated rings. The van der Waals surface area contributed by atoms with E-state index in [0.29, 0.717) is 5.75 Å². The molecule has 0 saturated heterocycles. The molecule has 6 heteroatoms. The molecule has 1 aromatic rings. The Morgan fingerprint density at radius 2 is 2.11 bits per heavy atom. The van der Waals surface area contributed by atoms with Gasteiger partial charge < -0.3 is 10.1 Å². The molecule has 0 heterocycles. The summed E-state index contributed by atoms with van der Waals surface area (Å²) in [6.07, 6.45) is 3.80. The number of rotatable bonds is 4. The largest absolute Gasteiger partial charge is 0.496 e. The highest BCUT2D eigenvalue weighted by Crippen LogP contribution is 2.31. The molecule has 102 valence electrons. The van der Waals surface area contributed by atoms with Crippen molar-refractivity contribution in [3.63, 3.8) is 0 Å². The van der Waals surface area contributed by atoms with Gasteiger partial charge in [-0.15, -0.1) is 0 Å². The first-order valence-electron chi connectivity index (χ1n) is 6.25. The molecule has 1 N–H and O–H groups in total. The molecule has 1 aliphatic rings. The quantitative estimate of drug-likeness (QED) is 0.669. The van der Waals surface area contributed by atoms with E-state index in [-0.39, 0.29) is 23.2 Å². The first kappa shape index (κ1) is 13.3. The fourth-order valence-corrected chi connectivity index (χ4v) is 2.32. The SMILES string of the molecule is COc1ccc(NC(=O)C2CCCC2)c([N+](=O)[O-])c1. The van der Waals surface area contributed by atoms with Crippen molar-refractivity contribution in [1.82, 2.24) is 0 Å². The molecular weight excluding hydrogens is 248 g/mol. The number of amides is 1. The van der Waals surface area contributed by atoms with E-state index in [4.69, 9.17) is 4.74 Å². The van der Waals surface area contributed by atoms with Gasteiger partial charge in [-0.25, -0.2) is 0 Å². The number of nitro groups is 1. The lowest BCUT2D eigenvalue weighted by molar-refractivity contribution is -0.384. The Kier molecular flexibility index (Phi) is 3.99.